The fourth-order valence-corrected chi connectivity index (χ4v) is 4.12. The molecular formula is C25H25N3O6. The minimum atomic E-state index is -0.921. The van der Waals surface area contributed by atoms with Gasteiger partial charge in [0, 0.05) is 25.9 Å². The molecule has 0 radical (unpaired) electrons. The number of carbonyl (C=O) groups excluding carboxylic acids is 2. The monoisotopic (exact) mass is 463 g/mol. The Labute approximate surface area is 196 Å². The fourth-order valence-electron chi connectivity index (χ4n) is 4.12. The fraction of sp³-hybridized carbons (Fsp3) is 0.280. The zero-order valence-electron chi connectivity index (χ0n) is 18.7. The maximum absolute atomic E-state index is 12.6. The highest BCUT2D eigenvalue weighted by Crippen LogP contribution is 2.44. The number of nitrogens with one attached hydrogen (secondary N) is 1. The summed E-state index contributed by atoms with van der Waals surface area (Å²) in [5.41, 5.74) is 4.58. The number of aromatic nitrogens is 1. The summed E-state index contributed by atoms with van der Waals surface area (Å²) in [7, 11) is 1.56. The number of hydrogen-bond donors (Lipinski definition) is 2. The third kappa shape index (κ3) is 4.93. The Morgan fingerprint density at radius 3 is 2.38 bits per heavy atom. The van der Waals surface area contributed by atoms with E-state index in [2.05, 4.69) is 22.4 Å². The van der Waals surface area contributed by atoms with Crippen LogP contribution in [0.25, 0.3) is 11.1 Å². The standard InChI is InChI=1S/C25H25N3O6/c1-28(12-6-11-22(29)30)24(31)23-21(34-15-27-23)13-26-25(32)33-14-20-18-9-4-2-7-16(18)17-8-3-5-10-19(17)20/h2-5,7-10,15,20H,6,11-14H2,1H3,(H,26,32)(H,29,30). The van der Waals surface area contributed by atoms with Gasteiger partial charge < -0.3 is 24.5 Å². The van der Waals surface area contributed by atoms with Crippen molar-refractivity contribution in [2.75, 3.05) is 20.2 Å². The second-order valence-electron chi connectivity index (χ2n) is 8.03. The van der Waals surface area contributed by atoms with Crippen LogP contribution in [0.2, 0.25) is 0 Å². The lowest BCUT2D eigenvalue weighted by molar-refractivity contribution is -0.137. The molecular weight excluding hydrogens is 438 g/mol. The largest absolute Gasteiger partial charge is 0.481 e. The molecule has 0 aliphatic heterocycles. The average molecular weight is 463 g/mol. The summed E-state index contributed by atoms with van der Waals surface area (Å²) in [5, 5.41) is 11.3. The molecule has 0 unspecified atom stereocenters. The second kappa shape index (κ2) is 10.2. The number of benzene rings is 2. The van der Waals surface area contributed by atoms with Crippen molar-refractivity contribution in [1.82, 2.24) is 15.2 Å². The Balaban J connectivity index is 1.32. The van der Waals surface area contributed by atoms with Gasteiger partial charge >= 0.3 is 12.1 Å². The first-order valence-electron chi connectivity index (χ1n) is 10.9. The van der Waals surface area contributed by atoms with Crippen LogP contribution in [0.1, 0.15) is 46.1 Å². The molecule has 0 fully saturated rings. The first kappa shape index (κ1) is 23.0. The summed E-state index contributed by atoms with van der Waals surface area (Å²) in [6, 6.07) is 16.1. The van der Waals surface area contributed by atoms with Crippen LogP contribution in [0, 0.1) is 0 Å². The Morgan fingerprint density at radius 2 is 1.74 bits per heavy atom. The lowest BCUT2D eigenvalue weighted by Crippen LogP contribution is -2.30. The van der Waals surface area contributed by atoms with Crippen LogP contribution < -0.4 is 5.32 Å². The van der Waals surface area contributed by atoms with Gasteiger partial charge in [-0.05, 0) is 28.7 Å². The molecule has 2 aromatic carbocycles. The van der Waals surface area contributed by atoms with E-state index >= 15 is 0 Å². The van der Waals surface area contributed by atoms with E-state index in [0.717, 1.165) is 28.6 Å². The number of hydrogen-bond acceptors (Lipinski definition) is 6. The predicted molar refractivity (Wildman–Crippen MR) is 122 cm³/mol. The zero-order chi connectivity index (χ0) is 24.1. The second-order valence-corrected chi connectivity index (χ2v) is 8.03. The molecule has 1 aromatic heterocycles. The molecule has 176 valence electrons. The number of nitrogens with zero attached hydrogens (tertiary/aromatic N) is 2. The van der Waals surface area contributed by atoms with Crippen molar-refractivity contribution in [2.45, 2.75) is 25.3 Å². The molecule has 0 saturated carbocycles. The Kier molecular flexibility index (Phi) is 6.91. The van der Waals surface area contributed by atoms with Gasteiger partial charge in [0.2, 0.25) is 0 Å². The highest BCUT2D eigenvalue weighted by Gasteiger charge is 2.29. The van der Waals surface area contributed by atoms with E-state index in [1.165, 1.54) is 4.90 Å². The average Bonchev–Trinajstić information content (AvgIpc) is 3.43. The molecule has 0 saturated heterocycles. The number of oxazole rings is 1. The summed E-state index contributed by atoms with van der Waals surface area (Å²) in [4.78, 5) is 41.0. The van der Waals surface area contributed by atoms with Crippen molar-refractivity contribution in [1.29, 1.82) is 0 Å². The third-order valence-corrected chi connectivity index (χ3v) is 5.81. The molecule has 4 rings (SSSR count). The molecule has 34 heavy (non-hydrogen) atoms. The van der Waals surface area contributed by atoms with Gasteiger partial charge in [-0.25, -0.2) is 9.78 Å². The van der Waals surface area contributed by atoms with Crippen molar-refractivity contribution >= 4 is 18.0 Å². The van der Waals surface area contributed by atoms with E-state index in [4.69, 9.17) is 14.3 Å². The first-order valence-corrected chi connectivity index (χ1v) is 10.9. The van der Waals surface area contributed by atoms with Crippen LogP contribution >= 0.6 is 0 Å². The topological polar surface area (TPSA) is 122 Å². The summed E-state index contributed by atoms with van der Waals surface area (Å²) < 4.78 is 10.8. The Bertz CT molecular complexity index is 1160. The van der Waals surface area contributed by atoms with Gasteiger partial charge in [-0.2, -0.15) is 0 Å². The smallest absolute Gasteiger partial charge is 0.407 e. The van der Waals surface area contributed by atoms with E-state index in [9.17, 15) is 14.4 Å². The number of amides is 2. The van der Waals surface area contributed by atoms with Gasteiger partial charge in [0.1, 0.15) is 6.61 Å². The quantitative estimate of drug-likeness (QED) is 0.497. The van der Waals surface area contributed by atoms with E-state index in [-0.39, 0.29) is 43.5 Å². The normalized spacial score (nSPS) is 12.0. The molecule has 2 amide bonds. The molecule has 1 heterocycles. The number of carbonyl (C=O) groups is 3. The molecule has 0 atom stereocenters. The number of rotatable bonds is 9. The Hall–Kier alpha value is -4.14. The highest BCUT2D eigenvalue weighted by molar-refractivity contribution is 5.93. The van der Waals surface area contributed by atoms with E-state index in [1.807, 2.05) is 36.4 Å². The summed E-state index contributed by atoms with van der Waals surface area (Å²) in [5.74, 6) is -1.19. The highest BCUT2D eigenvalue weighted by atomic mass is 16.5. The lowest BCUT2D eigenvalue weighted by Gasteiger charge is -2.16. The van der Waals surface area contributed by atoms with E-state index in [1.54, 1.807) is 7.05 Å². The van der Waals surface area contributed by atoms with Crippen LogP contribution in [0.15, 0.2) is 59.3 Å². The van der Waals surface area contributed by atoms with Gasteiger partial charge in [0.05, 0.1) is 6.54 Å². The van der Waals surface area contributed by atoms with Crippen molar-refractivity contribution in [3.05, 3.63) is 77.5 Å². The summed E-state index contributed by atoms with van der Waals surface area (Å²) in [6.07, 6.45) is 0.786. The van der Waals surface area contributed by atoms with Crippen molar-refractivity contribution in [3.63, 3.8) is 0 Å². The number of alkyl carbamates (subject to hydrolysis) is 1. The van der Waals surface area contributed by atoms with E-state index < -0.39 is 18.0 Å². The SMILES string of the molecule is CN(CCCC(=O)O)C(=O)c1ncoc1CNC(=O)OCC1c2ccccc2-c2ccccc21. The number of aliphatic carboxylic acids is 1. The molecule has 9 nitrogen and oxygen atoms in total. The summed E-state index contributed by atoms with van der Waals surface area (Å²) >= 11 is 0. The van der Waals surface area contributed by atoms with Gasteiger partial charge in [-0.1, -0.05) is 48.5 Å². The maximum Gasteiger partial charge on any atom is 0.407 e. The van der Waals surface area contributed by atoms with Gasteiger partial charge in [-0.3, -0.25) is 9.59 Å². The third-order valence-electron chi connectivity index (χ3n) is 5.81. The van der Waals surface area contributed by atoms with Crippen LogP contribution in [0.5, 0.6) is 0 Å². The maximum atomic E-state index is 12.6. The first-order chi connectivity index (χ1) is 16.5. The van der Waals surface area contributed by atoms with Crippen molar-refractivity contribution in [2.24, 2.45) is 0 Å². The molecule has 1 aliphatic rings. The predicted octanol–water partition coefficient (Wildman–Crippen LogP) is 3.65. The van der Waals surface area contributed by atoms with Crippen molar-refractivity contribution in [3.8, 4) is 11.1 Å². The molecule has 1 aliphatic carbocycles. The van der Waals surface area contributed by atoms with Gasteiger partial charge in [-0.15, -0.1) is 0 Å². The van der Waals surface area contributed by atoms with E-state index in [0.29, 0.717) is 6.42 Å². The van der Waals surface area contributed by atoms with Gasteiger partial charge in [0.15, 0.2) is 17.8 Å². The zero-order valence-corrected chi connectivity index (χ0v) is 18.7. The number of ether oxygens (including phenoxy) is 1. The number of fused-ring (bicyclic) bond motifs is 3. The number of carboxylic acids is 1. The molecule has 0 spiro atoms. The van der Waals surface area contributed by atoms with Crippen LogP contribution in [0.3, 0.4) is 0 Å². The molecule has 2 N–H and O–H groups in total. The minimum absolute atomic E-state index is 0.0351. The molecule has 3 aromatic rings. The summed E-state index contributed by atoms with van der Waals surface area (Å²) in [6.45, 7) is 0.367. The van der Waals surface area contributed by atoms with Crippen molar-refractivity contribution < 1.29 is 28.6 Å². The minimum Gasteiger partial charge on any atom is -0.481 e. The Morgan fingerprint density at radius 1 is 1.09 bits per heavy atom. The van der Waals surface area contributed by atoms with Crippen LogP contribution in [0.4, 0.5) is 4.79 Å². The van der Waals surface area contributed by atoms with Crippen LogP contribution in [-0.4, -0.2) is 53.2 Å². The molecule has 9 heteroatoms. The van der Waals surface area contributed by atoms with Gasteiger partial charge in [0.25, 0.3) is 5.91 Å². The molecule has 0 bridgehead atoms. The lowest BCUT2D eigenvalue weighted by atomic mass is 9.98. The number of carboxylic acid groups (broad SMARTS) is 1. The van der Waals surface area contributed by atoms with Crippen LogP contribution in [-0.2, 0) is 16.1 Å².